The van der Waals surface area contributed by atoms with Gasteiger partial charge in [0.1, 0.15) is 0 Å². The second-order valence-electron chi connectivity index (χ2n) is 19.0. The van der Waals surface area contributed by atoms with Crippen LogP contribution in [-0.2, 0) is 0 Å². The van der Waals surface area contributed by atoms with Crippen molar-refractivity contribution in [2.24, 2.45) is 0 Å². The first kappa shape index (κ1) is 42.9. The molecule has 0 aliphatic heterocycles. The van der Waals surface area contributed by atoms with Crippen molar-refractivity contribution in [2.45, 2.75) is 0 Å². The zero-order valence-electron chi connectivity index (χ0n) is 40.2. The Morgan fingerprint density at radius 2 is 0.446 bits per heavy atom. The minimum atomic E-state index is 0.698. The van der Waals surface area contributed by atoms with Crippen molar-refractivity contribution >= 4 is 53.9 Å². The van der Waals surface area contributed by atoms with Gasteiger partial charge in [-0.2, -0.15) is 0 Å². The number of benzene rings is 12. The first-order valence-electron chi connectivity index (χ1n) is 25.1. The summed E-state index contributed by atoms with van der Waals surface area (Å²) in [5, 5.41) is 11.8. The number of aromatic nitrogens is 4. The van der Waals surface area contributed by atoms with Crippen molar-refractivity contribution in [1.29, 1.82) is 0 Å². The molecule has 74 heavy (non-hydrogen) atoms. The van der Waals surface area contributed by atoms with E-state index in [-0.39, 0.29) is 0 Å². The Hall–Kier alpha value is -9.90. The summed E-state index contributed by atoms with van der Waals surface area (Å²) in [5.41, 5.74) is 14.3. The molecule has 0 aliphatic carbocycles. The fourth-order valence-electron chi connectivity index (χ4n) is 10.6. The Balaban J connectivity index is 0.805. The van der Waals surface area contributed by atoms with Gasteiger partial charge in [0.25, 0.3) is 0 Å². The Labute approximate surface area is 428 Å². The molecule has 344 valence electrons. The highest BCUT2D eigenvalue weighted by atomic mass is 14.9. The maximum absolute atomic E-state index is 5.23. The molecule has 0 radical (unpaired) electrons. The summed E-state index contributed by atoms with van der Waals surface area (Å²) in [4.78, 5) is 20.8. The zero-order chi connectivity index (χ0) is 49.0. The van der Waals surface area contributed by atoms with Gasteiger partial charge in [-0.3, -0.25) is 0 Å². The van der Waals surface area contributed by atoms with Crippen LogP contribution in [0.15, 0.2) is 267 Å². The topological polar surface area (TPSA) is 51.6 Å². The van der Waals surface area contributed by atoms with E-state index in [0.29, 0.717) is 11.6 Å². The molecule has 2 heterocycles. The summed E-state index contributed by atoms with van der Waals surface area (Å²) < 4.78 is 0. The van der Waals surface area contributed by atoms with Crippen LogP contribution in [0, 0.1) is 0 Å². The first-order valence-corrected chi connectivity index (χ1v) is 25.1. The summed E-state index contributed by atoms with van der Waals surface area (Å²) >= 11 is 0. The molecule has 4 heteroatoms. The van der Waals surface area contributed by atoms with E-state index in [9.17, 15) is 0 Å². The van der Waals surface area contributed by atoms with Crippen molar-refractivity contribution in [3.63, 3.8) is 0 Å². The molecule has 0 unspecified atom stereocenters. The van der Waals surface area contributed by atoms with Gasteiger partial charge in [0.2, 0.25) is 0 Å². The lowest BCUT2D eigenvalue weighted by Gasteiger charge is -2.13. The summed E-state index contributed by atoms with van der Waals surface area (Å²) in [6, 6.07) is 95.0. The third kappa shape index (κ3) is 8.01. The molecule has 0 N–H and O–H groups in total. The average Bonchev–Trinajstić information content (AvgIpc) is 3.48. The fourth-order valence-corrected chi connectivity index (χ4v) is 10.6. The van der Waals surface area contributed by atoms with Crippen LogP contribution in [0.25, 0.3) is 144 Å². The van der Waals surface area contributed by atoms with Crippen molar-refractivity contribution in [3.8, 4) is 90.1 Å². The van der Waals surface area contributed by atoms with Crippen molar-refractivity contribution < 1.29 is 0 Å². The van der Waals surface area contributed by atoms with Gasteiger partial charge >= 0.3 is 0 Å². The minimum absolute atomic E-state index is 0.698. The molecule has 0 atom stereocenters. The molecule has 0 amide bonds. The maximum atomic E-state index is 5.23. The quantitative estimate of drug-likeness (QED) is 0.152. The van der Waals surface area contributed by atoms with Gasteiger partial charge in [-0.1, -0.05) is 231 Å². The Kier molecular flexibility index (Phi) is 10.5. The summed E-state index contributed by atoms with van der Waals surface area (Å²) in [6.45, 7) is 0. The average molecular weight is 941 g/mol. The number of fused-ring (bicyclic) bond motifs is 5. The van der Waals surface area contributed by atoms with Gasteiger partial charge in [-0.15, -0.1) is 0 Å². The predicted molar refractivity (Wildman–Crippen MR) is 309 cm³/mol. The van der Waals surface area contributed by atoms with Gasteiger partial charge in [0.15, 0.2) is 11.6 Å². The van der Waals surface area contributed by atoms with Crippen molar-refractivity contribution in [1.82, 2.24) is 19.9 Å². The van der Waals surface area contributed by atoms with E-state index in [2.05, 4.69) is 267 Å². The van der Waals surface area contributed by atoms with E-state index in [1.54, 1.807) is 0 Å². The monoisotopic (exact) mass is 940 g/mol. The zero-order valence-corrected chi connectivity index (χ0v) is 40.2. The third-order valence-corrected chi connectivity index (χ3v) is 14.5. The summed E-state index contributed by atoms with van der Waals surface area (Å²) in [6.07, 6.45) is 0. The van der Waals surface area contributed by atoms with Crippen LogP contribution in [0.1, 0.15) is 0 Å². The van der Waals surface area contributed by atoms with Crippen molar-refractivity contribution in [2.75, 3.05) is 0 Å². The number of hydrogen-bond donors (Lipinski definition) is 0. The molecule has 14 aromatic rings. The van der Waals surface area contributed by atoms with Gasteiger partial charge in [0, 0.05) is 33.4 Å². The SMILES string of the molecule is c1ccc2cc(-c3cc(-c4ccc(-c5cccc6c(-c7ccc(-c8cc(-c9ccc%10ccccc%10c9)nc(-c9ccc%10ccccc%10c9)n8)cc7)cccc56)cc4)nc(-c4ccc5ccccc5c4)n3)ccc2c1. The van der Waals surface area contributed by atoms with E-state index in [4.69, 9.17) is 19.9 Å². The van der Waals surface area contributed by atoms with Crippen LogP contribution in [0.5, 0.6) is 0 Å². The van der Waals surface area contributed by atoms with Gasteiger partial charge in [-0.05, 0) is 113 Å². The normalized spacial score (nSPS) is 11.5. The minimum Gasteiger partial charge on any atom is -0.228 e. The van der Waals surface area contributed by atoms with Gasteiger partial charge in [-0.25, -0.2) is 19.9 Å². The molecule has 0 aliphatic rings. The lowest BCUT2D eigenvalue weighted by Crippen LogP contribution is -1.96. The van der Waals surface area contributed by atoms with Gasteiger partial charge < -0.3 is 0 Å². The Morgan fingerprint density at radius 3 is 0.797 bits per heavy atom. The second-order valence-corrected chi connectivity index (χ2v) is 19.0. The van der Waals surface area contributed by atoms with Crippen LogP contribution in [0.4, 0.5) is 0 Å². The van der Waals surface area contributed by atoms with Crippen LogP contribution in [0.3, 0.4) is 0 Å². The third-order valence-electron chi connectivity index (χ3n) is 14.5. The van der Waals surface area contributed by atoms with E-state index >= 15 is 0 Å². The van der Waals surface area contributed by atoms with E-state index in [1.807, 2.05) is 0 Å². The molecule has 0 bridgehead atoms. The molecule has 2 aromatic heterocycles. The second kappa shape index (κ2) is 18.1. The molecule has 12 aromatic carbocycles. The van der Waals surface area contributed by atoms with Crippen LogP contribution < -0.4 is 0 Å². The highest BCUT2D eigenvalue weighted by Crippen LogP contribution is 2.38. The van der Waals surface area contributed by atoms with E-state index in [1.165, 1.54) is 54.2 Å². The van der Waals surface area contributed by atoms with Crippen LogP contribution >= 0.6 is 0 Å². The largest absolute Gasteiger partial charge is 0.228 e. The lowest BCUT2D eigenvalue weighted by atomic mass is 9.92. The molecular formula is C70H44N4. The molecular weight excluding hydrogens is 897 g/mol. The molecule has 14 rings (SSSR count). The fraction of sp³-hybridized carbons (Fsp3) is 0. The highest BCUT2D eigenvalue weighted by Gasteiger charge is 2.16. The van der Waals surface area contributed by atoms with Crippen LogP contribution in [-0.4, -0.2) is 19.9 Å². The number of hydrogen-bond acceptors (Lipinski definition) is 4. The highest BCUT2D eigenvalue weighted by molar-refractivity contribution is 6.05. The van der Waals surface area contributed by atoms with E-state index < -0.39 is 0 Å². The molecule has 0 saturated carbocycles. The summed E-state index contributed by atoms with van der Waals surface area (Å²) in [7, 11) is 0. The predicted octanol–water partition coefficient (Wildman–Crippen LogP) is 18.4. The summed E-state index contributed by atoms with van der Waals surface area (Å²) in [5.74, 6) is 1.40. The van der Waals surface area contributed by atoms with Gasteiger partial charge in [0.05, 0.1) is 22.8 Å². The molecule has 0 saturated heterocycles. The van der Waals surface area contributed by atoms with Crippen molar-refractivity contribution in [3.05, 3.63) is 267 Å². The van der Waals surface area contributed by atoms with Crippen LogP contribution in [0.2, 0.25) is 0 Å². The Bertz CT molecular complexity index is 4000. The molecule has 0 spiro atoms. The number of rotatable bonds is 8. The molecule has 4 nitrogen and oxygen atoms in total. The lowest BCUT2D eigenvalue weighted by molar-refractivity contribution is 1.18. The van der Waals surface area contributed by atoms with E-state index in [0.717, 1.165) is 78.1 Å². The molecule has 0 fully saturated rings. The standard InChI is InChI=1S/C70H44N4/c1-5-15-53-39-57(35-23-45(53)11-1)67-43-65(71-69(73-67)59-37-25-47-13-3-7-17-55(47)41-59)51-31-27-49(28-32-51)61-19-9-22-64-62(20-10-21-63(61)64)50-29-33-52(34-30-50)66-44-68(58-36-24-46-12-2-6-16-54(46)40-58)74-70(72-66)60-38-26-48-14-4-8-18-56(48)42-60/h1-44H. The number of nitrogens with zero attached hydrogens (tertiary/aromatic N) is 4. The first-order chi connectivity index (χ1) is 36.6. The maximum Gasteiger partial charge on any atom is 0.160 e. The Morgan fingerprint density at radius 1 is 0.176 bits per heavy atom. The smallest absolute Gasteiger partial charge is 0.160 e.